The van der Waals surface area contributed by atoms with Crippen molar-refractivity contribution in [1.29, 1.82) is 0 Å². The minimum absolute atomic E-state index is 0.0763. The zero-order valence-electron chi connectivity index (χ0n) is 10.0. The summed E-state index contributed by atoms with van der Waals surface area (Å²) in [4.78, 5) is 0. The van der Waals surface area contributed by atoms with Gasteiger partial charge in [0.15, 0.2) is 11.6 Å². The molecule has 16 heavy (non-hydrogen) atoms. The zero-order chi connectivity index (χ0) is 12.3. The summed E-state index contributed by atoms with van der Waals surface area (Å²) in [5, 5.41) is 9.93. The van der Waals surface area contributed by atoms with Gasteiger partial charge in [0.1, 0.15) is 0 Å². The van der Waals surface area contributed by atoms with Crippen molar-refractivity contribution in [3.05, 3.63) is 29.1 Å². The number of methoxy groups -OCH3 is 2. The number of ether oxygens (including phenoxy) is 2. The highest BCUT2D eigenvalue weighted by atomic mass is 19.1. The first kappa shape index (κ1) is 12.9. The van der Waals surface area contributed by atoms with Crippen LogP contribution < -0.4 is 4.74 Å². The number of benzene rings is 1. The van der Waals surface area contributed by atoms with E-state index in [1.54, 1.807) is 19.9 Å². The van der Waals surface area contributed by atoms with Crippen LogP contribution >= 0.6 is 0 Å². The maximum Gasteiger partial charge on any atom is 0.165 e. The van der Waals surface area contributed by atoms with E-state index in [2.05, 4.69) is 0 Å². The van der Waals surface area contributed by atoms with Gasteiger partial charge in [-0.25, -0.2) is 4.39 Å². The summed E-state index contributed by atoms with van der Waals surface area (Å²) in [7, 11) is 2.91. The van der Waals surface area contributed by atoms with Gasteiger partial charge in [0.25, 0.3) is 0 Å². The average molecular weight is 228 g/mol. The van der Waals surface area contributed by atoms with Crippen molar-refractivity contribution < 1.29 is 19.0 Å². The van der Waals surface area contributed by atoms with Crippen LogP contribution in [0.3, 0.4) is 0 Å². The van der Waals surface area contributed by atoms with Gasteiger partial charge in [-0.05, 0) is 31.5 Å². The highest BCUT2D eigenvalue weighted by molar-refractivity contribution is 5.41. The van der Waals surface area contributed by atoms with Crippen LogP contribution in [0.2, 0.25) is 0 Å². The normalized spacial score (nSPS) is 11.6. The summed E-state index contributed by atoms with van der Waals surface area (Å²) < 4.78 is 23.6. The molecule has 0 aromatic heterocycles. The van der Waals surface area contributed by atoms with Gasteiger partial charge in [0.05, 0.1) is 19.3 Å². The lowest BCUT2D eigenvalue weighted by atomic mass is 9.95. The molecule has 1 rings (SSSR count). The SMILES string of the molecule is COCc1cc(F)c(OC)c(C(C)(C)O)c1. The third kappa shape index (κ3) is 2.71. The minimum atomic E-state index is -1.16. The van der Waals surface area contributed by atoms with Crippen molar-refractivity contribution in [3.63, 3.8) is 0 Å². The van der Waals surface area contributed by atoms with E-state index < -0.39 is 11.4 Å². The molecule has 0 aliphatic rings. The number of rotatable bonds is 4. The summed E-state index contributed by atoms with van der Waals surface area (Å²) in [6.07, 6.45) is 0. The molecule has 4 heteroatoms. The van der Waals surface area contributed by atoms with Gasteiger partial charge in [0.2, 0.25) is 0 Å². The van der Waals surface area contributed by atoms with Crippen LogP contribution in [0.1, 0.15) is 25.0 Å². The molecule has 0 heterocycles. The van der Waals surface area contributed by atoms with Crippen molar-refractivity contribution in [2.45, 2.75) is 26.1 Å². The molecular weight excluding hydrogens is 211 g/mol. The second kappa shape index (κ2) is 4.80. The van der Waals surface area contributed by atoms with Gasteiger partial charge in [-0.2, -0.15) is 0 Å². The van der Waals surface area contributed by atoms with Gasteiger partial charge in [0, 0.05) is 12.7 Å². The molecule has 0 fully saturated rings. The lowest BCUT2D eigenvalue weighted by Gasteiger charge is -2.22. The van der Waals surface area contributed by atoms with E-state index >= 15 is 0 Å². The largest absolute Gasteiger partial charge is 0.493 e. The van der Waals surface area contributed by atoms with Crippen LogP contribution in [0.15, 0.2) is 12.1 Å². The molecule has 0 saturated heterocycles. The summed E-state index contributed by atoms with van der Waals surface area (Å²) in [6.45, 7) is 3.46. The number of halogens is 1. The first-order valence-electron chi connectivity index (χ1n) is 4.98. The van der Waals surface area contributed by atoms with E-state index in [-0.39, 0.29) is 5.75 Å². The minimum Gasteiger partial charge on any atom is -0.493 e. The monoisotopic (exact) mass is 228 g/mol. The Morgan fingerprint density at radius 2 is 1.94 bits per heavy atom. The topological polar surface area (TPSA) is 38.7 Å². The van der Waals surface area contributed by atoms with Gasteiger partial charge < -0.3 is 14.6 Å². The van der Waals surface area contributed by atoms with Crippen LogP contribution in [0.4, 0.5) is 4.39 Å². The Bertz CT molecular complexity index is 369. The van der Waals surface area contributed by atoms with Crippen molar-refractivity contribution in [1.82, 2.24) is 0 Å². The molecule has 0 atom stereocenters. The molecule has 0 amide bonds. The molecule has 0 aliphatic heterocycles. The Balaban J connectivity index is 3.31. The fraction of sp³-hybridized carbons (Fsp3) is 0.500. The quantitative estimate of drug-likeness (QED) is 0.858. The smallest absolute Gasteiger partial charge is 0.165 e. The third-order valence-electron chi connectivity index (χ3n) is 2.28. The Morgan fingerprint density at radius 3 is 2.38 bits per heavy atom. The first-order chi connectivity index (χ1) is 7.40. The van der Waals surface area contributed by atoms with Crippen LogP contribution in [0.25, 0.3) is 0 Å². The Kier molecular flexibility index (Phi) is 3.88. The molecule has 90 valence electrons. The van der Waals surface area contributed by atoms with Crippen LogP contribution in [0, 0.1) is 5.82 Å². The van der Waals surface area contributed by atoms with Crippen molar-refractivity contribution in [2.75, 3.05) is 14.2 Å². The summed E-state index contributed by atoms with van der Waals surface area (Å²) >= 11 is 0. The molecule has 1 aromatic rings. The second-order valence-corrected chi connectivity index (χ2v) is 4.15. The van der Waals surface area contributed by atoms with Crippen LogP contribution in [-0.4, -0.2) is 19.3 Å². The molecule has 0 saturated carbocycles. The number of aliphatic hydroxyl groups is 1. The van der Waals surface area contributed by atoms with Gasteiger partial charge >= 0.3 is 0 Å². The zero-order valence-corrected chi connectivity index (χ0v) is 10.0. The predicted octanol–water partition coefficient (Wildman–Crippen LogP) is 2.21. The predicted molar refractivity (Wildman–Crippen MR) is 58.9 cm³/mol. The van der Waals surface area contributed by atoms with E-state index in [9.17, 15) is 9.50 Å². The maximum absolute atomic E-state index is 13.7. The van der Waals surface area contributed by atoms with E-state index in [1.165, 1.54) is 20.3 Å². The summed E-state index contributed by atoms with van der Waals surface area (Å²) in [5.74, 6) is -0.415. The average Bonchev–Trinajstić information content (AvgIpc) is 2.16. The Labute approximate surface area is 94.8 Å². The van der Waals surface area contributed by atoms with Gasteiger partial charge in [-0.3, -0.25) is 0 Å². The Hall–Kier alpha value is -1.13. The third-order valence-corrected chi connectivity index (χ3v) is 2.28. The summed E-state index contributed by atoms with van der Waals surface area (Å²) in [6, 6.07) is 3.03. The highest BCUT2D eigenvalue weighted by Crippen LogP contribution is 2.33. The van der Waals surface area contributed by atoms with Crippen molar-refractivity contribution >= 4 is 0 Å². The molecule has 0 aliphatic carbocycles. The lowest BCUT2D eigenvalue weighted by Crippen LogP contribution is -2.18. The molecule has 0 spiro atoms. The maximum atomic E-state index is 13.7. The highest BCUT2D eigenvalue weighted by Gasteiger charge is 2.24. The fourth-order valence-electron chi connectivity index (χ4n) is 1.56. The van der Waals surface area contributed by atoms with Crippen molar-refractivity contribution in [3.8, 4) is 5.75 Å². The van der Waals surface area contributed by atoms with E-state index in [0.29, 0.717) is 17.7 Å². The van der Waals surface area contributed by atoms with Crippen LogP contribution in [0.5, 0.6) is 5.75 Å². The molecule has 0 unspecified atom stereocenters. The first-order valence-corrected chi connectivity index (χ1v) is 4.98. The lowest BCUT2D eigenvalue weighted by molar-refractivity contribution is 0.0745. The molecule has 1 N–H and O–H groups in total. The number of hydrogen-bond donors (Lipinski definition) is 1. The van der Waals surface area contributed by atoms with E-state index in [4.69, 9.17) is 9.47 Å². The van der Waals surface area contributed by atoms with Crippen LogP contribution in [-0.2, 0) is 16.9 Å². The van der Waals surface area contributed by atoms with Gasteiger partial charge in [-0.15, -0.1) is 0 Å². The van der Waals surface area contributed by atoms with E-state index in [1.807, 2.05) is 0 Å². The van der Waals surface area contributed by atoms with Crippen molar-refractivity contribution in [2.24, 2.45) is 0 Å². The van der Waals surface area contributed by atoms with E-state index in [0.717, 1.165) is 0 Å². The molecule has 3 nitrogen and oxygen atoms in total. The molecular formula is C12H17FO3. The second-order valence-electron chi connectivity index (χ2n) is 4.15. The van der Waals surface area contributed by atoms with Gasteiger partial charge in [-0.1, -0.05) is 0 Å². The molecule has 1 aromatic carbocycles. The Morgan fingerprint density at radius 1 is 1.31 bits per heavy atom. The summed E-state index contributed by atoms with van der Waals surface area (Å²) in [5.41, 5.74) is -0.0735. The molecule has 0 bridgehead atoms. The standard InChI is InChI=1S/C12H17FO3/c1-12(2,14)9-5-8(7-15-3)6-10(13)11(9)16-4/h5-6,14H,7H2,1-4H3. The molecule has 0 radical (unpaired) electrons. The fourth-order valence-corrected chi connectivity index (χ4v) is 1.56. The number of hydrogen-bond acceptors (Lipinski definition) is 3.